The molecular formula is C24H29Cl2N7O. The van der Waals surface area contributed by atoms with Gasteiger partial charge in [0.2, 0.25) is 5.91 Å². The van der Waals surface area contributed by atoms with Crippen molar-refractivity contribution >= 4 is 46.1 Å². The molecule has 3 heterocycles. The maximum absolute atomic E-state index is 13.0. The summed E-state index contributed by atoms with van der Waals surface area (Å²) in [5.74, 6) is 0.868. The zero-order chi connectivity index (χ0) is 24.0. The van der Waals surface area contributed by atoms with E-state index in [0.29, 0.717) is 41.9 Å². The Balaban J connectivity index is 1.38. The Morgan fingerprint density at radius 3 is 2.53 bits per heavy atom. The summed E-state index contributed by atoms with van der Waals surface area (Å²) in [5, 5.41) is 5.90. The van der Waals surface area contributed by atoms with E-state index in [1.807, 2.05) is 35.6 Å². The number of carbonyl (C=O) groups is 1. The summed E-state index contributed by atoms with van der Waals surface area (Å²) in [6.45, 7) is 6.60. The van der Waals surface area contributed by atoms with Gasteiger partial charge in [0.05, 0.1) is 23.5 Å². The van der Waals surface area contributed by atoms with Crippen LogP contribution in [0.2, 0.25) is 10.0 Å². The van der Waals surface area contributed by atoms with Gasteiger partial charge in [0.15, 0.2) is 5.65 Å². The van der Waals surface area contributed by atoms with E-state index in [1.54, 1.807) is 12.3 Å². The van der Waals surface area contributed by atoms with E-state index in [0.717, 1.165) is 48.3 Å². The van der Waals surface area contributed by atoms with Crippen molar-refractivity contribution in [2.75, 3.05) is 31.1 Å². The maximum atomic E-state index is 13.0. The van der Waals surface area contributed by atoms with Crippen molar-refractivity contribution in [3.63, 3.8) is 0 Å². The van der Waals surface area contributed by atoms with Crippen LogP contribution in [0.1, 0.15) is 49.9 Å². The number of rotatable bonds is 4. The van der Waals surface area contributed by atoms with Gasteiger partial charge < -0.3 is 15.5 Å². The highest BCUT2D eigenvalue weighted by molar-refractivity contribution is 6.35. The van der Waals surface area contributed by atoms with Crippen molar-refractivity contribution in [1.29, 1.82) is 0 Å². The van der Waals surface area contributed by atoms with E-state index in [1.165, 1.54) is 0 Å². The molecule has 1 aliphatic carbocycles. The molecule has 1 aliphatic heterocycles. The molecular weight excluding hydrogens is 473 g/mol. The third-order valence-electron chi connectivity index (χ3n) is 7.15. The second-order valence-electron chi connectivity index (χ2n) is 9.41. The fourth-order valence-electron chi connectivity index (χ4n) is 5.11. The van der Waals surface area contributed by atoms with Crippen LogP contribution in [0.5, 0.6) is 0 Å². The first-order chi connectivity index (χ1) is 16.3. The summed E-state index contributed by atoms with van der Waals surface area (Å²) in [5.41, 5.74) is 8.92. The van der Waals surface area contributed by atoms with Crippen molar-refractivity contribution in [2.45, 2.75) is 51.1 Å². The topological polar surface area (TPSA) is 93.2 Å². The minimum Gasteiger partial charge on any atom is -0.352 e. The van der Waals surface area contributed by atoms with Gasteiger partial charge in [-0.25, -0.2) is 14.6 Å². The molecule has 2 N–H and O–H groups in total. The Labute approximate surface area is 209 Å². The quantitative estimate of drug-likeness (QED) is 0.581. The smallest absolute Gasteiger partial charge is 0.242 e. The average Bonchev–Trinajstić information content (AvgIpc) is 3.42. The Bertz CT molecular complexity index is 1230. The van der Waals surface area contributed by atoms with Crippen LogP contribution in [0.25, 0.3) is 11.2 Å². The second-order valence-corrected chi connectivity index (χ2v) is 10.3. The molecule has 180 valence electrons. The summed E-state index contributed by atoms with van der Waals surface area (Å²) in [6, 6.07) is 5.34. The first-order valence-corrected chi connectivity index (χ1v) is 12.5. The van der Waals surface area contributed by atoms with Gasteiger partial charge >= 0.3 is 0 Å². The average molecular weight is 502 g/mol. The summed E-state index contributed by atoms with van der Waals surface area (Å²) >= 11 is 12.6. The largest absolute Gasteiger partial charge is 0.352 e. The van der Waals surface area contributed by atoms with Crippen LogP contribution < -0.4 is 10.6 Å². The molecule has 0 spiro atoms. The lowest BCUT2D eigenvalue weighted by molar-refractivity contribution is -0.137. The molecule has 1 atom stereocenters. The first kappa shape index (κ1) is 23.3. The van der Waals surface area contributed by atoms with Crippen LogP contribution >= 0.6 is 23.2 Å². The van der Waals surface area contributed by atoms with Gasteiger partial charge in [0.25, 0.3) is 0 Å². The molecule has 0 radical (unpaired) electrons. The number of hydrogen-bond acceptors (Lipinski definition) is 6. The second kappa shape index (κ2) is 8.98. The summed E-state index contributed by atoms with van der Waals surface area (Å²) in [7, 11) is 0. The fourth-order valence-corrected chi connectivity index (χ4v) is 5.68. The normalized spacial score (nSPS) is 19.1. The van der Waals surface area contributed by atoms with Crippen LogP contribution in [0, 0.1) is 6.92 Å². The lowest BCUT2D eigenvalue weighted by Crippen LogP contribution is -2.58. The Morgan fingerprint density at radius 2 is 1.85 bits per heavy atom. The molecule has 1 aromatic carbocycles. The van der Waals surface area contributed by atoms with Gasteiger partial charge in [0.1, 0.15) is 11.3 Å². The molecule has 34 heavy (non-hydrogen) atoms. The van der Waals surface area contributed by atoms with Crippen molar-refractivity contribution in [3.8, 4) is 0 Å². The fraction of sp³-hybridized carbons (Fsp3) is 0.500. The SMILES string of the molecule is Cc1nn(C(C)c2ccc(Cl)cc2Cl)c2nc(N3CCN(C(=O)C4(N)CCCC4)CC3)cnc12. The van der Waals surface area contributed by atoms with Crippen molar-refractivity contribution in [2.24, 2.45) is 5.73 Å². The molecule has 2 aromatic heterocycles. The Hall–Kier alpha value is -2.42. The lowest BCUT2D eigenvalue weighted by Gasteiger charge is -2.38. The molecule has 1 saturated carbocycles. The number of benzene rings is 1. The predicted octanol–water partition coefficient (Wildman–Crippen LogP) is 3.97. The minimum atomic E-state index is -0.677. The molecule has 2 aliphatic rings. The molecule has 3 aromatic rings. The van der Waals surface area contributed by atoms with E-state index in [9.17, 15) is 4.79 Å². The van der Waals surface area contributed by atoms with E-state index in [-0.39, 0.29) is 11.9 Å². The monoisotopic (exact) mass is 501 g/mol. The highest BCUT2D eigenvalue weighted by Crippen LogP contribution is 2.32. The Kier molecular flexibility index (Phi) is 6.16. The number of fused-ring (bicyclic) bond motifs is 1. The number of amides is 1. The van der Waals surface area contributed by atoms with Gasteiger partial charge in [-0.2, -0.15) is 5.10 Å². The number of halogens is 2. The number of piperazine rings is 1. The summed E-state index contributed by atoms with van der Waals surface area (Å²) in [6.07, 6.45) is 5.43. The van der Waals surface area contributed by atoms with E-state index in [4.69, 9.17) is 39.0 Å². The Morgan fingerprint density at radius 1 is 1.15 bits per heavy atom. The molecule has 10 heteroatoms. The van der Waals surface area contributed by atoms with Crippen LogP contribution in [0.4, 0.5) is 5.82 Å². The zero-order valence-electron chi connectivity index (χ0n) is 19.5. The third-order valence-corrected chi connectivity index (χ3v) is 7.71. The van der Waals surface area contributed by atoms with Crippen molar-refractivity contribution < 1.29 is 4.79 Å². The predicted molar refractivity (Wildman–Crippen MR) is 135 cm³/mol. The van der Waals surface area contributed by atoms with Crippen LogP contribution in [0.15, 0.2) is 24.4 Å². The van der Waals surface area contributed by atoms with Crippen LogP contribution in [-0.2, 0) is 4.79 Å². The molecule has 2 fully saturated rings. The number of nitrogens with zero attached hydrogens (tertiary/aromatic N) is 6. The zero-order valence-corrected chi connectivity index (χ0v) is 21.0. The number of nitrogens with two attached hydrogens (primary N) is 1. The molecule has 5 rings (SSSR count). The molecule has 1 amide bonds. The van der Waals surface area contributed by atoms with E-state index in [2.05, 4.69) is 9.88 Å². The summed E-state index contributed by atoms with van der Waals surface area (Å²) in [4.78, 5) is 26.7. The van der Waals surface area contributed by atoms with E-state index < -0.39 is 5.54 Å². The van der Waals surface area contributed by atoms with Crippen molar-refractivity contribution in [3.05, 3.63) is 45.7 Å². The van der Waals surface area contributed by atoms with Gasteiger partial charge in [0, 0.05) is 36.2 Å². The standard InChI is InChI=1S/C24H29Cl2N7O/c1-15-21-22(33(30-15)16(2)18-6-5-17(25)13-19(18)26)29-20(14-28-21)31-9-11-32(12-10-31)23(34)24(27)7-3-4-8-24/h5-6,13-14,16H,3-4,7-12,27H2,1-2H3. The number of anilines is 1. The molecule has 8 nitrogen and oxygen atoms in total. The third kappa shape index (κ3) is 4.12. The van der Waals surface area contributed by atoms with Gasteiger partial charge in [-0.15, -0.1) is 0 Å². The highest BCUT2D eigenvalue weighted by Gasteiger charge is 2.40. The number of aromatic nitrogens is 4. The van der Waals surface area contributed by atoms with E-state index >= 15 is 0 Å². The van der Waals surface area contributed by atoms with Crippen LogP contribution in [0.3, 0.4) is 0 Å². The molecule has 0 bridgehead atoms. The summed E-state index contributed by atoms with van der Waals surface area (Å²) < 4.78 is 1.87. The van der Waals surface area contributed by atoms with Crippen LogP contribution in [-0.4, -0.2) is 62.3 Å². The first-order valence-electron chi connectivity index (χ1n) is 11.8. The number of hydrogen-bond donors (Lipinski definition) is 1. The number of aryl methyl sites for hydroxylation is 1. The minimum absolute atomic E-state index is 0.0913. The number of carbonyl (C=O) groups excluding carboxylic acids is 1. The lowest BCUT2D eigenvalue weighted by atomic mass is 9.97. The maximum Gasteiger partial charge on any atom is 0.242 e. The molecule has 1 saturated heterocycles. The molecule has 1 unspecified atom stereocenters. The highest BCUT2D eigenvalue weighted by atomic mass is 35.5. The van der Waals surface area contributed by atoms with Gasteiger partial charge in [-0.05, 0) is 44.4 Å². The van der Waals surface area contributed by atoms with Gasteiger partial charge in [-0.1, -0.05) is 42.1 Å². The van der Waals surface area contributed by atoms with Gasteiger partial charge in [-0.3, -0.25) is 4.79 Å². The van der Waals surface area contributed by atoms with Crippen molar-refractivity contribution in [1.82, 2.24) is 24.6 Å².